The largest absolute Gasteiger partial charge is 0.300 e. The van der Waals surface area contributed by atoms with E-state index in [4.69, 9.17) is 0 Å². The molecule has 1 saturated heterocycles. The zero-order valence-electron chi connectivity index (χ0n) is 16.7. The smallest absolute Gasteiger partial charge is 0.250 e. The van der Waals surface area contributed by atoms with Gasteiger partial charge in [-0.25, -0.2) is 14.6 Å². The van der Waals surface area contributed by atoms with Gasteiger partial charge in [0.25, 0.3) is 5.95 Å². The molecule has 2 aromatic heterocycles. The molecule has 0 radical (unpaired) electrons. The van der Waals surface area contributed by atoms with E-state index in [0.717, 1.165) is 45.0 Å². The van der Waals surface area contributed by atoms with E-state index in [1.165, 1.54) is 5.56 Å². The molecule has 3 aromatic rings. The van der Waals surface area contributed by atoms with Gasteiger partial charge < -0.3 is 4.90 Å². The fourth-order valence-corrected chi connectivity index (χ4v) is 3.69. The van der Waals surface area contributed by atoms with Crippen LogP contribution in [0.25, 0.3) is 5.95 Å². The van der Waals surface area contributed by atoms with E-state index < -0.39 is 0 Å². The molecule has 4 rings (SSSR count). The number of aromatic nitrogens is 4. The number of rotatable bonds is 7. The summed E-state index contributed by atoms with van der Waals surface area (Å²) >= 11 is 0. The number of piperazine rings is 1. The zero-order valence-corrected chi connectivity index (χ0v) is 16.7. The Bertz CT molecular complexity index is 932. The average Bonchev–Trinajstić information content (AvgIpc) is 3.16. The Morgan fingerprint density at radius 3 is 2.38 bits per heavy atom. The van der Waals surface area contributed by atoms with Crippen molar-refractivity contribution in [2.24, 2.45) is 0 Å². The normalized spacial score (nSPS) is 15.5. The number of hydrogen-bond donors (Lipinski definition) is 0. The lowest BCUT2D eigenvalue weighted by Gasteiger charge is -2.34. The van der Waals surface area contributed by atoms with Crippen LogP contribution in [0.1, 0.15) is 28.0 Å². The van der Waals surface area contributed by atoms with Gasteiger partial charge in [-0.15, -0.1) is 0 Å². The molecular formula is C22H26N6O. The van der Waals surface area contributed by atoms with Gasteiger partial charge >= 0.3 is 0 Å². The van der Waals surface area contributed by atoms with Crippen molar-refractivity contribution in [2.45, 2.75) is 19.9 Å². The molecule has 0 atom stereocenters. The lowest BCUT2D eigenvalue weighted by molar-refractivity contribution is 0.0922. The number of carbonyl (C=O) groups excluding carboxylic acids is 1. The lowest BCUT2D eigenvalue weighted by atomic mass is 10.1. The van der Waals surface area contributed by atoms with Crippen molar-refractivity contribution in [3.05, 3.63) is 71.8 Å². The summed E-state index contributed by atoms with van der Waals surface area (Å²) in [5.74, 6) is 0.606. The predicted molar refractivity (Wildman–Crippen MR) is 111 cm³/mol. The molecule has 1 aliphatic heterocycles. The van der Waals surface area contributed by atoms with Gasteiger partial charge in [-0.3, -0.25) is 9.69 Å². The minimum atomic E-state index is 0.122. The van der Waals surface area contributed by atoms with Gasteiger partial charge in [0.1, 0.15) is 0 Å². The highest BCUT2D eigenvalue weighted by molar-refractivity contribution is 5.97. The summed E-state index contributed by atoms with van der Waals surface area (Å²) in [6.07, 6.45) is 5.47. The SMILES string of the molecule is Cc1c(C(=O)CCN2CCN(Cc3ccccc3)CC2)cnn1-c1ncccn1. The molecule has 3 heterocycles. The van der Waals surface area contributed by atoms with Gasteiger partial charge in [-0.1, -0.05) is 30.3 Å². The first-order chi connectivity index (χ1) is 14.2. The van der Waals surface area contributed by atoms with Crippen LogP contribution in [0.15, 0.2) is 55.0 Å². The van der Waals surface area contributed by atoms with Gasteiger partial charge in [-0.2, -0.15) is 5.10 Å². The number of hydrogen-bond acceptors (Lipinski definition) is 6. The molecule has 29 heavy (non-hydrogen) atoms. The summed E-state index contributed by atoms with van der Waals surface area (Å²) in [7, 11) is 0. The third-order valence-corrected chi connectivity index (χ3v) is 5.42. The fraction of sp³-hybridized carbons (Fsp3) is 0.364. The maximum atomic E-state index is 12.7. The van der Waals surface area contributed by atoms with E-state index in [1.807, 2.05) is 6.92 Å². The van der Waals surface area contributed by atoms with E-state index in [2.05, 4.69) is 55.2 Å². The van der Waals surface area contributed by atoms with Gasteiger partial charge in [0.05, 0.1) is 17.5 Å². The van der Waals surface area contributed by atoms with E-state index in [-0.39, 0.29) is 5.78 Å². The fourth-order valence-electron chi connectivity index (χ4n) is 3.69. The van der Waals surface area contributed by atoms with Gasteiger partial charge in [-0.05, 0) is 18.6 Å². The van der Waals surface area contributed by atoms with Crippen molar-refractivity contribution in [3.63, 3.8) is 0 Å². The van der Waals surface area contributed by atoms with Crippen LogP contribution in [0.5, 0.6) is 0 Å². The topological polar surface area (TPSA) is 67.2 Å². The minimum absolute atomic E-state index is 0.122. The van der Waals surface area contributed by atoms with E-state index in [9.17, 15) is 4.79 Å². The molecule has 7 heteroatoms. The predicted octanol–water partition coefficient (Wildman–Crippen LogP) is 2.36. The zero-order chi connectivity index (χ0) is 20.1. The third kappa shape index (κ3) is 4.75. The van der Waals surface area contributed by atoms with E-state index in [0.29, 0.717) is 17.9 Å². The Morgan fingerprint density at radius 1 is 0.966 bits per heavy atom. The summed E-state index contributed by atoms with van der Waals surface area (Å²) in [4.78, 5) is 26.0. The van der Waals surface area contributed by atoms with Crippen molar-refractivity contribution >= 4 is 5.78 Å². The molecule has 150 valence electrons. The van der Waals surface area contributed by atoms with Crippen LogP contribution >= 0.6 is 0 Å². The van der Waals surface area contributed by atoms with Crippen LogP contribution in [-0.2, 0) is 6.54 Å². The number of nitrogens with zero attached hydrogens (tertiary/aromatic N) is 6. The summed E-state index contributed by atoms with van der Waals surface area (Å²) in [5.41, 5.74) is 2.79. The van der Waals surface area contributed by atoms with Gasteiger partial charge in [0.2, 0.25) is 0 Å². The maximum Gasteiger partial charge on any atom is 0.250 e. The second kappa shape index (κ2) is 9.07. The van der Waals surface area contributed by atoms with Crippen molar-refractivity contribution in [1.82, 2.24) is 29.5 Å². The van der Waals surface area contributed by atoms with Crippen LogP contribution in [0.3, 0.4) is 0 Å². The molecule has 1 fully saturated rings. The summed E-state index contributed by atoms with van der Waals surface area (Å²) < 4.78 is 1.62. The summed E-state index contributed by atoms with van der Waals surface area (Å²) in [6, 6.07) is 12.3. The average molecular weight is 390 g/mol. The molecule has 0 N–H and O–H groups in total. The Kier molecular flexibility index (Phi) is 6.07. The first-order valence-electron chi connectivity index (χ1n) is 10.0. The van der Waals surface area contributed by atoms with Crippen molar-refractivity contribution < 1.29 is 4.79 Å². The van der Waals surface area contributed by atoms with Crippen molar-refractivity contribution in [1.29, 1.82) is 0 Å². The lowest BCUT2D eigenvalue weighted by Crippen LogP contribution is -2.46. The number of benzene rings is 1. The Labute approximate surface area is 171 Å². The number of Topliss-reactive ketones (excluding diaryl/α,β-unsaturated/α-hetero) is 1. The third-order valence-electron chi connectivity index (χ3n) is 5.42. The second-order valence-corrected chi connectivity index (χ2v) is 7.38. The summed E-state index contributed by atoms with van der Waals surface area (Å²) in [6.45, 7) is 7.72. The molecule has 0 saturated carbocycles. The standard InChI is InChI=1S/C22H26N6O/c1-18-20(16-25-28(18)22-23-9-5-10-24-22)21(29)8-11-26-12-14-27(15-13-26)17-19-6-3-2-4-7-19/h2-7,9-10,16H,8,11-15,17H2,1H3. The quantitative estimate of drug-likeness (QED) is 0.577. The molecular weight excluding hydrogens is 364 g/mol. The first-order valence-corrected chi connectivity index (χ1v) is 10.0. The molecule has 7 nitrogen and oxygen atoms in total. The molecule has 1 aromatic carbocycles. The van der Waals surface area contributed by atoms with Crippen molar-refractivity contribution in [3.8, 4) is 5.95 Å². The van der Waals surface area contributed by atoms with E-state index >= 15 is 0 Å². The monoisotopic (exact) mass is 390 g/mol. The minimum Gasteiger partial charge on any atom is -0.300 e. The highest BCUT2D eigenvalue weighted by Gasteiger charge is 2.20. The highest BCUT2D eigenvalue weighted by Crippen LogP contribution is 2.14. The Balaban J connectivity index is 1.27. The molecule has 0 amide bonds. The molecule has 0 bridgehead atoms. The molecule has 0 aliphatic carbocycles. The van der Waals surface area contributed by atoms with E-state index in [1.54, 1.807) is 29.3 Å². The van der Waals surface area contributed by atoms with Crippen LogP contribution in [0, 0.1) is 6.92 Å². The van der Waals surface area contributed by atoms with Crippen LogP contribution in [-0.4, -0.2) is 68.1 Å². The summed E-state index contributed by atoms with van der Waals surface area (Å²) in [5, 5.41) is 4.30. The molecule has 1 aliphatic rings. The van der Waals surface area contributed by atoms with Gasteiger partial charge in [0, 0.05) is 58.1 Å². The second-order valence-electron chi connectivity index (χ2n) is 7.38. The van der Waals surface area contributed by atoms with Crippen LogP contribution in [0.2, 0.25) is 0 Å². The van der Waals surface area contributed by atoms with Crippen molar-refractivity contribution in [2.75, 3.05) is 32.7 Å². The van der Waals surface area contributed by atoms with Crippen LogP contribution < -0.4 is 0 Å². The first kappa shape index (κ1) is 19.4. The molecule has 0 spiro atoms. The number of carbonyl (C=O) groups is 1. The van der Waals surface area contributed by atoms with Gasteiger partial charge in [0.15, 0.2) is 5.78 Å². The molecule has 0 unspecified atom stereocenters. The van der Waals surface area contributed by atoms with Crippen LogP contribution in [0.4, 0.5) is 0 Å². The maximum absolute atomic E-state index is 12.7. The Hall–Kier alpha value is -2.90. The highest BCUT2D eigenvalue weighted by atomic mass is 16.1. The Morgan fingerprint density at radius 2 is 1.66 bits per heavy atom. The number of ketones is 1.